The summed E-state index contributed by atoms with van der Waals surface area (Å²) in [6, 6.07) is 28.1. The van der Waals surface area contributed by atoms with Gasteiger partial charge in [0.1, 0.15) is 0 Å². The minimum absolute atomic E-state index is 0.436. The Hall–Kier alpha value is -3.46. The summed E-state index contributed by atoms with van der Waals surface area (Å²) in [7, 11) is 0. The van der Waals surface area contributed by atoms with E-state index in [9.17, 15) is 0 Å². The molecule has 0 bridgehead atoms. The topological polar surface area (TPSA) is 34.8 Å². The Kier molecular flexibility index (Phi) is 3.73. The van der Waals surface area contributed by atoms with E-state index in [0.29, 0.717) is 11.8 Å². The third-order valence-electron chi connectivity index (χ3n) is 6.48. The van der Waals surface area contributed by atoms with Gasteiger partial charge in [0.05, 0.1) is 0 Å². The number of aromatic nitrogens is 2. The van der Waals surface area contributed by atoms with Crippen LogP contribution in [0.5, 0.6) is 0 Å². The average Bonchev–Trinajstić information content (AvgIpc) is 3.50. The lowest BCUT2D eigenvalue weighted by atomic mass is 9.84. The highest BCUT2D eigenvalue weighted by Crippen LogP contribution is 2.45. The minimum atomic E-state index is 0.436. The Morgan fingerprint density at radius 1 is 0.586 bits per heavy atom. The SMILES string of the molecule is c1ccc(N2CC(c3c[nH]c4ccccc34)C(c3c[nH]c4ccccc34)C2)cc1. The molecule has 142 valence electrons. The maximum Gasteiger partial charge on any atom is 0.0456 e. The predicted octanol–water partition coefficient (Wildman–Crippen LogP) is 6.04. The molecule has 1 aliphatic heterocycles. The molecular formula is C26H23N3. The molecule has 3 nitrogen and oxygen atoms in total. The zero-order valence-corrected chi connectivity index (χ0v) is 16.2. The molecular weight excluding hydrogens is 354 g/mol. The number of anilines is 1. The summed E-state index contributed by atoms with van der Waals surface area (Å²) < 4.78 is 0. The van der Waals surface area contributed by atoms with Crippen molar-refractivity contribution >= 4 is 27.5 Å². The van der Waals surface area contributed by atoms with Gasteiger partial charge in [-0.05, 0) is 35.4 Å². The lowest BCUT2D eigenvalue weighted by molar-refractivity contribution is 0.675. The van der Waals surface area contributed by atoms with Crippen LogP contribution in [-0.2, 0) is 0 Å². The van der Waals surface area contributed by atoms with Crippen molar-refractivity contribution in [1.29, 1.82) is 0 Å². The number of rotatable bonds is 3. The van der Waals surface area contributed by atoms with Crippen molar-refractivity contribution in [3.05, 3.63) is 102 Å². The second-order valence-electron chi connectivity index (χ2n) is 8.03. The number of hydrogen-bond donors (Lipinski definition) is 2. The normalized spacial score (nSPS) is 19.4. The fourth-order valence-corrected chi connectivity index (χ4v) is 5.09. The summed E-state index contributed by atoms with van der Waals surface area (Å²) in [5, 5.41) is 2.69. The van der Waals surface area contributed by atoms with Crippen LogP contribution in [0, 0.1) is 0 Å². The van der Waals surface area contributed by atoms with Crippen LogP contribution >= 0.6 is 0 Å². The number of fused-ring (bicyclic) bond motifs is 2. The van der Waals surface area contributed by atoms with Crippen LogP contribution in [0.25, 0.3) is 21.8 Å². The summed E-state index contributed by atoms with van der Waals surface area (Å²) >= 11 is 0. The molecule has 1 fully saturated rings. The first-order valence-electron chi connectivity index (χ1n) is 10.3. The first-order valence-corrected chi connectivity index (χ1v) is 10.3. The lowest BCUT2D eigenvalue weighted by Gasteiger charge is -2.18. The van der Waals surface area contributed by atoms with E-state index < -0.39 is 0 Å². The Morgan fingerprint density at radius 3 is 1.62 bits per heavy atom. The van der Waals surface area contributed by atoms with Crippen molar-refractivity contribution in [2.45, 2.75) is 11.8 Å². The van der Waals surface area contributed by atoms with E-state index in [1.807, 2.05) is 0 Å². The summed E-state index contributed by atoms with van der Waals surface area (Å²) in [6.45, 7) is 2.05. The van der Waals surface area contributed by atoms with E-state index in [4.69, 9.17) is 0 Å². The molecule has 5 aromatic rings. The summed E-state index contributed by atoms with van der Waals surface area (Å²) in [6.07, 6.45) is 4.46. The second-order valence-corrected chi connectivity index (χ2v) is 8.03. The summed E-state index contributed by atoms with van der Waals surface area (Å²) in [4.78, 5) is 9.53. The number of para-hydroxylation sites is 3. The van der Waals surface area contributed by atoms with Crippen molar-refractivity contribution in [3.63, 3.8) is 0 Å². The molecule has 0 radical (unpaired) electrons. The molecule has 1 aliphatic rings. The van der Waals surface area contributed by atoms with Crippen LogP contribution in [0.4, 0.5) is 5.69 Å². The van der Waals surface area contributed by atoms with E-state index in [2.05, 4.69) is 106 Å². The van der Waals surface area contributed by atoms with Crippen molar-refractivity contribution in [1.82, 2.24) is 9.97 Å². The van der Waals surface area contributed by atoms with Gasteiger partial charge in [-0.2, -0.15) is 0 Å². The van der Waals surface area contributed by atoms with Crippen molar-refractivity contribution in [3.8, 4) is 0 Å². The Morgan fingerprint density at radius 2 is 1.07 bits per heavy atom. The molecule has 0 amide bonds. The van der Waals surface area contributed by atoms with E-state index in [1.165, 1.54) is 38.6 Å². The van der Waals surface area contributed by atoms with E-state index >= 15 is 0 Å². The molecule has 0 aliphatic carbocycles. The second kappa shape index (κ2) is 6.56. The predicted molar refractivity (Wildman–Crippen MR) is 121 cm³/mol. The van der Waals surface area contributed by atoms with Crippen LogP contribution in [0.3, 0.4) is 0 Å². The molecule has 29 heavy (non-hydrogen) atoms. The molecule has 2 unspecified atom stereocenters. The maximum absolute atomic E-state index is 3.50. The van der Waals surface area contributed by atoms with Gasteiger partial charge in [-0.3, -0.25) is 0 Å². The van der Waals surface area contributed by atoms with Crippen molar-refractivity contribution < 1.29 is 0 Å². The largest absolute Gasteiger partial charge is 0.370 e. The highest BCUT2D eigenvalue weighted by molar-refractivity contribution is 5.86. The highest BCUT2D eigenvalue weighted by atomic mass is 15.2. The van der Waals surface area contributed by atoms with Gasteiger partial charge in [0.2, 0.25) is 0 Å². The lowest BCUT2D eigenvalue weighted by Crippen LogP contribution is -2.19. The number of benzene rings is 3. The summed E-state index contributed by atoms with van der Waals surface area (Å²) in [5.41, 5.74) is 6.60. The fraction of sp³-hybridized carbons (Fsp3) is 0.154. The molecule has 1 saturated heterocycles. The Bertz CT molecular complexity index is 1200. The summed E-state index contributed by atoms with van der Waals surface area (Å²) in [5.74, 6) is 0.871. The van der Waals surface area contributed by atoms with E-state index in [-0.39, 0.29) is 0 Å². The minimum Gasteiger partial charge on any atom is -0.370 e. The fourth-order valence-electron chi connectivity index (χ4n) is 5.09. The smallest absolute Gasteiger partial charge is 0.0456 e. The molecule has 3 heteroatoms. The van der Waals surface area contributed by atoms with Crippen molar-refractivity contribution in [2.75, 3.05) is 18.0 Å². The molecule has 2 aromatic heterocycles. The van der Waals surface area contributed by atoms with Gasteiger partial charge in [0, 0.05) is 64.8 Å². The quantitative estimate of drug-likeness (QED) is 0.395. The third kappa shape index (κ3) is 2.65. The van der Waals surface area contributed by atoms with E-state index in [0.717, 1.165) is 13.1 Å². The number of hydrogen-bond acceptors (Lipinski definition) is 1. The van der Waals surface area contributed by atoms with E-state index in [1.54, 1.807) is 0 Å². The van der Waals surface area contributed by atoms with Gasteiger partial charge in [0.15, 0.2) is 0 Å². The van der Waals surface area contributed by atoms with Gasteiger partial charge >= 0.3 is 0 Å². The van der Waals surface area contributed by atoms with Gasteiger partial charge < -0.3 is 14.9 Å². The monoisotopic (exact) mass is 377 g/mol. The highest BCUT2D eigenvalue weighted by Gasteiger charge is 2.37. The van der Waals surface area contributed by atoms with Crippen LogP contribution in [0.2, 0.25) is 0 Å². The zero-order valence-electron chi connectivity index (χ0n) is 16.2. The molecule has 0 spiro atoms. The molecule has 3 heterocycles. The third-order valence-corrected chi connectivity index (χ3v) is 6.48. The number of aromatic amines is 2. The van der Waals surface area contributed by atoms with Gasteiger partial charge in [0.25, 0.3) is 0 Å². The number of nitrogens with one attached hydrogen (secondary N) is 2. The van der Waals surface area contributed by atoms with Crippen LogP contribution in [-0.4, -0.2) is 23.1 Å². The van der Waals surface area contributed by atoms with Crippen LogP contribution < -0.4 is 4.90 Å². The standard InChI is InChI=1S/C26H23N3/c1-2-8-18(9-3-1)29-16-23(21-14-27-25-12-6-4-10-19(21)25)24(17-29)22-15-28-26-13-7-5-11-20(22)26/h1-15,23-24,27-28H,16-17H2. The Labute approximate surface area is 170 Å². The van der Waals surface area contributed by atoms with Crippen LogP contribution in [0.15, 0.2) is 91.3 Å². The number of H-pyrrole nitrogens is 2. The average molecular weight is 377 g/mol. The first kappa shape index (κ1) is 16.5. The molecule has 2 N–H and O–H groups in total. The molecule has 0 saturated carbocycles. The zero-order chi connectivity index (χ0) is 19.2. The van der Waals surface area contributed by atoms with Gasteiger partial charge in [-0.15, -0.1) is 0 Å². The van der Waals surface area contributed by atoms with Gasteiger partial charge in [-0.1, -0.05) is 54.6 Å². The molecule has 3 aromatic carbocycles. The van der Waals surface area contributed by atoms with Gasteiger partial charge in [-0.25, -0.2) is 0 Å². The van der Waals surface area contributed by atoms with Crippen LogP contribution in [0.1, 0.15) is 23.0 Å². The first-order chi connectivity index (χ1) is 14.4. The van der Waals surface area contributed by atoms with Crippen molar-refractivity contribution in [2.24, 2.45) is 0 Å². The Balaban J connectivity index is 1.49. The number of nitrogens with zero attached hydrogens (tertiary/aromatic N) is 1. The molecule has 6 rings (SSSR count). The maximum atomic E-state index is 3.50. The molecule has 2 atom stereocenters.